The van der Waals surface area contributed by atoms with Crippen molar-refractivity contribution < 1.29 is 9.18 Å². The Labute approximate surface area is 139 Å². The highest BCUT2D eigenvalue weighted by atomic mass is 19.1. The van der Waals surface area contributed by atoms with E-state index in [4.69, 9.17) is 0 Å². The number of halogens is 1. The van der Waals surface area contributed by atoms with Crippen LogP contribution >= 0.6 is 0 Å². The highest BCUT2D eigenvalue weighted by Crippen LogP contribution is 2.24. The molecule has 3 aromatic rings. The van der Waals surface area contributed by atoms with Crippen LogP contribution < -0.4 is 5.32 Å². The molecule has 0 aliphatic rings. The van der Waals surface area contributed by atoms with Crippen LogP contribution in [0.3, 0.4) is 0 Å². The predicted octanol–water partition coefficient (Wildman–Crippen LogP) is 2.88. The number of amides is 1. The number of nitrogens with one attached hydrogen (secondary N) is 2. The number of aromatic amines is 1. The lowest BCUT2D eigenvalue weighted by molar-refractivity contribution is -0.120. The maximum Gasteiger partial charge on any atom is 0.224 e. The van der Waals surface area contributed by atoms with E-state index in [2.05, 4.69) is 20.3 Å². The van der Waals surface area contributed by atoms with Gasteiger partial charge in [0.15, 0.2) is 0 Å². The summed E-state index contributed by atoms with van der Waals surface area (Å²) in [5.41, 5.74) is 3.79. The van der Waals surface area contributed by atoms with Crippen molar-refractivity contribution in [2.75, 3.05) is 0 Å². The molecule has 2 N–H and O–H groups in total. The van der Waals surface area contributed by atoms with E-state index in [0.717, 1.165) is 28.0 Å². The molecule has 0 aliphatic carbocycles. The average molecular weight is 326 g/mol. The number of carbonyl (C=O) groups excluding carboxylic acids is 1. The van der Waals surface area contributed by atoms with Crippen molar-refractivity contribution in [3.8, 4) is 0 Å². The Morgan fingerprint density at radius 1 is 1.21 bits per heavy atom. The fourth-order valence-corrected chi connectivity index (χ4v) is 2.87. The minimum absolute atomic E-state index is 0.147. The predicted molar refractivity (Wildman–Crippen MR) is 90.1 cm³/mol. The molecular formula is C18H19FN4O. The molecule has 0 radical (unpaired) electrons. The Balaban J connectivity index is 1.73. The van der Waals surface area contributed by atoms with Crippen LogP contribution in [0, 0.1) is 26.6 Å². The van der Waals surface area contributed by atoms with E-state index in [0.29, 0.717) is 11.3 Å². The molecule has 24 heavy (non-hydrogen) atoms. The van der Waals surface area contributed by atoms with Crippen LogP contribution in [0.1, 0.15) is 28.5 Å². The van der Waals surface area contributed by atoms with Crippen LogP contribution in [0.15, 0.2) is 24.3 Å². The molecule has 0 saturated heterocycles. The van der Waals surface area contributed by atoms with Gasteiger partial charge in [0.05, 0.1) is 18.5 Å². The van der Waals surface area contributed by atoms with E-state index in [9.17, 15) is 9.18 Å². The molecule has 6 heteroatoms. The van der Waals surface area contributed by atoms with Gasteiger partial charge in [-0.25, -0.2) is 14.4 Å². The third-order valence-electron chi connectivity index (χ3n) is 3.91. The minimum atomic E-state index is -0.314. The Bertz CT molecular complexity index is 897. The highest BCUT2D eigenvalue weighted by Gasteiger charge is 2.14. The first-order valence-electron chi connectivity index (χ1n) is 7.77. The van der Waals surface area contributed by atoms with Crippen LogP contribution in [0.2, 0.25) is 0 Å². The number of carbonyl (C=O) groups is 1. The summed E-state index contributed by atoms with van der Waals surface area (Å²) in [5.74, 6) is 0.124. The summed E-state index contributed by atoms with van der Waals surface area (Å²) in [5, 5.41) is 3.57. The van der Waals surface area contributed by atoms with Crippen molar-refractivity contribution in [2.24, 2.45) is 0 Å². The third-order valence-corrected chi connectivity index (χ3v) is 3.91. The van der Waals surface area contributed by atoms with Crippen molar-refractivity contribution in [1.82, 2.24) is 20.3 Å². The molecule has 3 rings (SSSR count). The number of hydrogen-bond acceptors (Lipinski definition) is 3. The van der Waals surface area contributed by atoms with Gasteiger partial charge in [0.25, 0.3) is 0 Å². The van der Waals surface area contributed by atoms with Crippen molar-refractivity contribution in [1.29, 1.82) is 0 Å². The van der Waals surface area contributed by atoms with Crippen molar-refractivity contribution in [3.05, 3.63) is 58.6 Å². The molecule has 0 fully saturated rings. The van der Waals surface area contributed by atoms with Gasteiger partial charge < -0.3 is 10.3 Å². The lowest BCUT2D eigenvalue weighted by Gasteiger charge is -2.06. The van der Waals surface area contributed by atoms with Crippen LogP contribution in [0.25, 0.3) is 10.9 Å². The van der Waals surface area contributed by atoms with E-state index in [1.807, 2.05) is 32.9 Å². The normalized spacial score (nSPS) is 11.0. The lowest BCUT2D eigenvalue weighted by Crippen LogP contribution is -2.26. The maximum absolute atomic E-state index is 13.8. The largest absolute Gasteiger partial charge is 0.356 e. The summed E-state index contributed by atoms with van der Waals surface area (Å²) in [4.78, 5) is 23.9. The Kier molecular flexibility index (Phi) is 4.29. The molecule has 0 unspecified atom stereocenters. The van der Waals surface area contributed by atoms with E-state index < -0.39 is 0 Å². The lowest BCUT2D eigenvalue weighted by atomic mass is 10.1. The minimum Gasteiger partial charge on any atom is -0.356 e. The van der Waals surface area contributed by atoms with Crippen LogP contribution in [-0.4, -0.2) is 20.9 Å². The summed E-state index contributed by atoms with van der Waals surface area (Å²) in [6, 6.07) is 6.75. The fourth-order valence-electron chi connectivity index (χ4n) is 2.87. The van der Waals surface area contributed by atoms with E-state index in [-0.39, 0.29) is 24.7 Å². The molecule has 124 valence electrons. The van der Waals surface area contributed by atoms with Gasteiger partial charge in [0.1, 0.15) is 11.6 Å². The second kappa shape index (κ2) is 6.39. The number of nitrogens with zero attached hydrogens (tertiary/aromatic N) is 2. The van der Waals surface area contributed by atoms with Crippen LogP contribution in [-0.2, 0) is 17.8 Å². The summed E-state index contributed by atoms with van der Waals surface area (Å²) in [6.07, 6.45) is 0.181. The van der Waals surface area contributed by atoms with E-state index in [1.54, 1.807) is 6.07 Å². The zero-order chi connectivity index (χ0) is 17.3. The molecule has 0 atom stereocenters. The molecular weight excluding hydrogens is 307 g/mol. The average Bonchev–Trinajstić information content (AvgIpc) is 2.82. The van der Waals surface area contributed by atoms with Crippen LogP contribution in [0.5, 0.6) is 0 Å². The summed E-state index contributed by atoms with van der Waals surface area (Å²) in [6.45, 7) is 5.90. The molecule has 2 heterocycles. The van der Waals surface area contributed by atoms with Gasteiger partial charge >= 0.3 is 0 Å². The molecule has 0 saturated carbocycles. The number of rotatable bonds is 4. The van der Waals surface area contributed by atoms with Gasteiger partial charge in [-0.15, -0.1) is 0 Å². The van der Waals surface area contributed by atoms with Crippen molar-refractivity contribution >= 4 is 16.8 Å². The van der Waals surface area contributed by atoms with Crippen molar-refractivity contribution in [3.63, 3.8) is 0 Å². The summed E-state index contributed by atoms with van der Waals surface area (Å²) < 4.78 is 13.8. The van der Waals surface area contributed by atoms with Gasteiger partial charge in [-0.3, -0.25) is 4.79 Å². The molecule has 1 aromatic carbocycles. The molecule has 1 amide bonds. The van der Waals surface area contributed by atoms with Gasteiger partial charge in [-0.2, -0.15) is 0 Å². The Hall–Kier alpha value is -2.76. The second-order valence-electron chi connectivity index (χ2n) is 5.91. The SMILES string of the molecule is Cc1cc(C)nc(CNC(=O)Cc2c(C)[nH]c3c(F)cccc23)n1. The molecule has 0 aliphatic heterocycles. The van der Waals surface area contributed by atoms with Gasteiger partial charge in [-0.05, 0) is 38.5 Å². The van der Waals surface area contributed by atoms with E-state index in [1.165, 1.54) is 6.07 Å². The number of hydrogen-bond donors (Lipinski definition) is 2. The number of aryl methyl sites for hydroxylation is 3. The standard InChI is InChI=1S/C18H19FN4O/c1-10-7-11(2)22-16(21-10)9-20-17(24)8-14-12(3)23-18-13(14)5-4-6-15(18)19/h4-7,23H,8-9H2,1-3H3,(H,20,24). The number of H-pyrrole nitrogens is 1. The number of para-hydroxylation sites is 1. The quantitative estimate of drug-likeness (QED) is 0.774. The summed E-state index contributed by atoms with van der Waals surface area (Å²) in [7, 11) is 0. The van der Waals surface area contributed by atoms with Gasteiger partial charge in [0, 0.05) is 22.5 Å². The monoisotopic (exact) mass is 326 g/mol. The maximum atomic E-state index is 13.8. The first kappa shape index (κ1) is 16.1. The van der Waals surface area contributed by atoms with Crippen LogP contribution in [0.4, 0.5) is 4.39 Å². The van der Waals surface area contributed by atoms with Gasteiger partial charge in [-0.1, -0.05) is 12.1 Å². The number of fused-ring (bicyclic) bond motifs is 1. The topological polar surface area (TPSA) is 70.7 Å². The molecule has 5 nitrogen and oxygen atoms in total. The van der Waals surface area contributed by atoms with Gasteiger partial charge in [0.2, 0.25) is 5.91 Å². The first-order chi connectivity index (χ1) is 11.4. The zero-order valence-electron chi connectivity index (χ0n) is 13.9. The Morgan fingerprint density at radius 2 is 1.92 bits per heavy atom. The smallest absolute Gasteiger partial charge is 0.224 e. The van der Waals surface area contributed by atoms with E-state index >= 15 is 0 Å². The summed E-state index contributed by atoms with van der Waals surface area (Å²) >= 11 is 0. The second-order valence-corrected chi connectivity index (χ2v) is 5.91. The zero-order valence-corrected chi connectivity index (χ0v) is 13.9. The van der Waals surface area contributed by atoms with Crippen molar-refractivity contribution in [2.45, 2.75) is 33.7 Å². The third kappa shape index (κ3) is 3.27. The molecule has 0 bridgehead atoms. The number of benzene rings is 1. The molecule has 0 spiro atoms. The highest BCUT2D eigenvalue weighted by molar-refractivity contribution is 5.90. The first-order valence-corrected chi connectivity index (χ1v) is 7.77. The Morgan fingerprint density at radius 3 is 2.62 bits per heavy atom. The fraction of sp³-hybridized carbons (Fsp3) is 0.278. The molecule has 2 aromatic heterocycles. The number of aromatic nitrogens is 3.